The van der Waals surface area contributed by atoms with E-state index < -0.39 is 0 Å². The van der Waals surface area contributed by atoms with Crippen molar-refractivity contribution < 1.29 is 4.39 Å². The second-order valence-corrected chi connectivity index (χ2v) is 5.42. The predicted octanol–water partition coefficient (Wildman–Crippen LogP) is 4.53. The van der Waals surface area contributed by atoms with E-state index in [1.165, 1.54) is 12.1 Å². The van der Waals surface area contributed by atoms with E-state index >= 15 is 0 Å². The zero-order chi connectivity index (χ0) is 14.7. The standard InChI is InChI=1S/C15H15Cl2FN2/c1-3-19-14(10-4-9(2)5-12(18)6-10)15-13(17)7-11(16)8-20-15/h4-8,14,19H,3H2,1-2H3. The maximum absolute atomic E-state index is 13.6. The molecule has 2 rings (SSSR count). The van der Waals surface area contributed by atoms with E-state index in [1.807, 2.05) is 19.9 Å². The summed E-state index contributed by atoms with van der Waals surface area (Å²) >= 11 is 12.1. The van der Waals surface area contributed by atoms with E-state index in [0.29, 0.717) is 22.3 Å². The Morgan fingerprint density at radius 2 is 2.00 bits per heavy atom. The van der Waals surface area contributed by atoms with Gasteiger partial charge in [0.15, 0.2) is 0 Å². The minimum absolute atomic E-state index is 0.265. The van der Waals surface area contributed by atoms with Gasteiger partial charge in [-0.05, 0) is 42.8 Å². The number of hydrogen-bond acceptors (Lipinski definition) is 2. The second-order valence-electron chi connectivity index (χ2n) is 4.57. The Morgan fingerprint density at radius 3 is 2.60 bits per heavy atom. The number of rotatable bonds is 4. The number of aryl methyl sites for hydroxylation is 1. The SMILES string of the molecule is CCNC(c1cc(C)cc(F)c1)c1ncc(Cl)cc1Cl. The van der Waals surface area contributed by atoms with Crippen LogP contribution < -0.4 is 5.32 Å². The summed E-state index contributed by atoms with van der Waals surface area (Å²) < 4.78 is 13.6. The zero-order valence-electron chi connectivity index (χ0n) is 11.3. The van der Waals surface area contributed by atoms with Crippen molar-refractivity contribution in [2.75, 3.05) is 6.54 Å². The van der Waals surface area contributed by atoms with Crippen molar-refractivity contribution >= 4 is 23.2 Å². The van der Waals surface area contributed by atoms with Crippen molar-refractivity contribution in [2.45, 2.75) is 19.9 Å². The first-order valence-electron chi connectivity index (χ1n) is 6.32. The molecule has 1 aromatic heterocycles. The van der Waals surface area contributed by atoms with Crippen molar-refractivity contribution in [3.63, 3.8) is 0 Å². The number of pyridine rings is 1. The lowest BCUT2D eigenvalue weighted by Gasteiger charge is -2.19. The zero-order valence-corrected chi connectivity index (χ0v) is 12.8. The number of halogens is 3. The molecule has 0 amide bonds. The summed E-state index contributed by atoms with van der Waals surface area (Å²) in [4.78, 5) is 4.28. The quantitative estimate of drug-likeness (QED) is 0.896. The van der Waals surface area contributed by atoms with Crippen LogP contribution in [-0.4, -0.2) is 11.5 Å². The van der Waals surface area contributed by atoms with Crippen molar-refractivity contribution in [2.24, 2.45) is 0 Å². The molecular weight excluding hydrogens is 298 g/mol. The van der Waals surface area contributed by atoms with Crippen LogP contribution in [0.2, 0.25) is 10.0 Å². The molecule has 0 fully saturated rings. The van der Waals surface area contributed by atoms with Gasteiger partial charge in [-0.3, -0.25) is 4.98 Å². The number of nitrogens with one attached hydrogen (secondary N) is 1. The third kappa shape index (κ3) is 3.48. The molecule has 1 heterocycles. The highest BCUT2D eigenvalue weighted by atomic mass is 35.5. The molecule has 0 aliphatic rings. The van der Waals surface area contributed by atoms with Gasteiger partial charge in [0.05, 0.1) is 21.8 Å². The molecule has 2 nitrogen and oxygen atoms in total. The molecule has 0 aliphatic carbocycles. The van der Waals surface area contributed by atoms with E-state index in [0.717, 1.165) is 11.1 Å². The fourth-order valence-corrected chi connectivity index (χ4v) is 2.63. The van der Waals surface area contributed by atoms with Crippen LogP contribution in [0.25, 0.3) is 0 Å². The van der Waals surface area contributed by atoms with Crippen LogP contribution in [0.15, 0.2) is 30.5 Å². The molecule has 0 radical (unpaired) electrons. The van der Waals surface area contributed by atoms with Crippen LogP contribution >= 0.6 is 23.2 Å². The Bertz CT molecular complexity index is 597. The number of benzene rings is 1. The molecule has 5 heteroatoms. The number of nitrogens with zero attached hydrogens (tertiary/aromatic N) is 1. The van der Waals surface area contributed by atoms with Gasteiger partial charge in [-0.1, -0.05) is 36.2 Å². The van der Waals surface area contributed by atoms with E-state index in [-0.39, 0.29) is 11.9 Å². The molecule has 106 valence electrons. The highest BCUT2D eigenvalue weighted by Crippen LogP contribution is 2.29. The first-order valence-corrected chi connectivity index (χ1v) is 7.08. The molecule has 1 aromatic carbocycles. The van der Waals surface area contributed by atoms with E-state index in [1.54, 1.807) is 12.3 Å². The molecule has 2 aromatic rings. The maximum atomic E-state index is 13.6. The van der Waals surface area contributed by atoms with Gasteiger partial charge in [0.2, 0.25) is 0 Å². The fraction of sp³-hybridized carbons (Fsp3) is 0.267. The van der Waals surface area contributed by atoms with Gasteiger partial charge in [0, 0.05) is 6.20 Å². The summed E-state index contributed by atoms with van der Waals surface area (Å²) in [5.41, 5.74) is 2.29. The summed E-state index contributed by atoms with van der Waals surface area (Å²) in [5, 5.41) is 4.21. The van der Waals surface area contributed by atoms with Crippen LogP contribution in [0.5, 0.6) is 0 Å². The molecule has 1 N–H and O–H groups in total. The lowest BCUT2D eigenvalue weighted by Crippen LogP contribution is -2.23. The maximum Gasteiger partial charge on any atom is 0.123 e. The van der Waals surface area contributed by atoms with Gasteiger partial charge in [0.25, 0.3) is 0 Å². The first kappa shape index (κ1) is 15.2. The van der Waals surface area contributed by atoms with Crippen LogP contribution in [0, 0.1) is 12.7 Å². The number of hydrogen-bond donors (Lipinski definition) is 1. The third-order valence-corrected chi connectivity index (χ3v) is 3.43. The van der Waals surface area contributed by atoms with Crippen LogP contribution in [0.1, 0.15) is 29.8 Å². The molecule has 20 heavy (non-hydrogen) atoms. The van der Waals surface area contributed by atoms with Gasteiger partial charge in [-0.25, -0.2) is 4.39 Å². The van der Waals surface area contributed by atoms with Gasteiger partial charge in [-0.2, -0.15) is 0 Å². The Balaban J connectivity index is 2.49. The van der Waals surface area contributed by atoms with Gasteiger partial charge < -0.3 is 5.32 Å². The predicted molar refractivity (Wildman–Crippen MR) is 80.9 cm³/mol. The second kappa shape index (κ2) is 6.53. The van der Waals surface area contributed by atoms with E-state index in [2.05, 4.69) is 10.3 Å². The van der Waals surface area contributed by atoms with Gasteiger partial charge in [0.1, 0.15) is 5.82 Å². The summed E-state index contributed by atoms with van der Waals surface area (Å²) in [6.07, 6.45) is 1.54. The highest BCUT2D eigenvalue weighted by Gasteiger charge is 2.19. The van der Waals surface area contributed by atoms with Crippen molar-refractivity contribution in [3.05, 3.63) is 63.1 Å². The third-order valence-electron chi connectivity index (χ3n) is 2.92. The van der Waals surface area contributed by atoms with E-state index in [4.69, 9.17) is 23.2 Å². The Morgan fingerprint density at radius 1 is 1.25 bits per heavy atom. The smallest absolute Gasteiger partial charge is 0.123 e. The summed E-state index contributed by atoms with van der Waals surface area (Å²) in [7, 11) is 0. The van der Waals surface area contributed by atoms with Crippen LogP contribution in [0.4, 0.5) is 4.39 Å². The molecule has 0 saturated carbocycles. The minimum Gasteiger partial charge on any atom is -0.305 e. The van der Waals surface area contributed by atoms with Crippen molar-refractivity contribution in [1.29, 1.82) is 0 Å². The molecule has 0 aliphatic heterocycles. The lowest BCUT2D eigenvalue weighted by atomic mass is 10.0. The summed E-state index contributed by atoms with van der Waals surface area (Å²) in [6.45, 7) is 4.54. The Labute approximate surface area is 127 Å². The van der Waals surface area contributed by atoms with Gasteiger partial charge >= 0.3 is 0 Å². The largest absolute Gasteiger partial charge is 0.305 e. The van der Waals surface area contributed by atoms with E-state index in [9.17, 15) is 4.39 Å². The normalized spacial score (nSPS) is 12.4. The van der Waals surface area contributed by atoms with Crippen LogP contribution in [0.3, 0.4) is 0 Å². The Hall–Kier alpha value is -1.16. The molecule has 0 bridgehead atoms. The van der Waals surface area contributed by atoms with Crippen molar-refractivity contribution in [3.8, 4) is 0 Å². The Kier molecular flexibility index (Phi) is 4.97. The fourth-order valence-electron chi connectivity index (χ4n) is 2.15. The molecule has 1 unspecified atom stereocenters. The summed E-state index contributed by atoms with van der Waals surface area (Å²) in [5.74, 6) is -0.270. The average Bonchev–Trinajstić information content (AvgIpc) is 2.35. The van der Waals surface area contributed by atoms with Crippen LogP contribution in [-0.2, 0) is 0 Å². The number of aromatic nitrogens is 1. The molecule has 0 spiro atoms. The molecule has 0 saturated heterocycles. The monoisotopic (exact) mass is 312 g/mol. The average molecular weight is 313 g/mol. The molecule has 1 atom stereocenters. The first-order chi connectivity index (χ1) is 9.51. The topological polar surface area (TPSA) is 24.9 Å². The highest BCUT2D eigenvalue weighted by molar-refractivity contribution is 6.34. The lowest BCUT2D eigenvalue weighted by molar-refractivity contribution is 0.594. The van der Waals surface area contributed by atoms with Crippen molar-refractivity contribution in [1.82, 2.24) is 10.3 Å². The molecular formula is C15H15Cl2FN2. The summed E-state index contributed by atoms with van der Waals surface area (Å²) in [6, 6.07) is 6.28. The van der Waals surface area contributed by atoms with Gasteiger partial charge in [-0.15, -0.1) is 0 Å². The minimum atomic E-state index is -0.270.